The van der Waals surface area contributed by atoms with Gasteiger partial charge >= 0.3 is 6.09 Å². The average molecular weight is 223 g/mol. The number of benzene rings is 1. The Hall–Kier alpha value is -1.88. The summed E-state index contributed by atoms with van der Waals surface area (Å²) in [6, 6.07) is 8.47. The van der Waals surface area contributed by atoms with Gasteiger partial charge in [0.25, 0.3) is 0 Å². The molecule has 1 amide bonds. The van der Waals surface area contributed by atoms with E-state index in [0.29, 0.717) is 5.56 Å². The number of carbonyl (C=O) groups is 2. The van der Waals surface area contributed by atoms with Gasteiger partial charge in [-0.25, -0.2) is 4.79 Å². The first-order valence-electron chi connectivity index (χ1n) is 4.82. The summed E-state index contributed by atoms with van der Waals surface area (Å²) in [6.45, 7) is -0.465. The molecule has 5 nitrogen and oxygen atoms in total. The largest absolute Gasteiger partial charge is 0.465 e. The molecule has 0 aromatic heterocycles. The molecule has 0 spiro atoms. The van der Waals surface area contributed by atoms with Gasteiger partial charge in [0.2, 0.25) is 0 Å². The first-order chi connectivity index (χ1) is 7.65. The zero-order chi connectivity index (χ0) is 12.0. The van der Waals surface area contributed by atoms with Crippen LogP contribution in [-0.4, -0.2) is 35.2 Å². The van der Waals surface area contributed by atoms with Crippen molar-refractivity contribution in [3.05, 3.63) is 35.9 Å². The van der Waals surface area contributed by atoms with Crippen LogP contribution < -0.4 is 5.32 Å². The SMILES string of the molecule is O=C(O)NCC(CO)C(=O)c1ccccc1. The second kappa shape index (κ2) is 5.87. The molecular weight excluding hydrogens is 210 g/mol. The number of amides is 1. The van der Waals surface area contributed by atoms with Crippen molar-refractivity contribution in [3.63, 3.8) is 0 Å². The average Bonchev–Trinajstić information content (AvgIpc) is 2.30. The lowest BCUT2D eigenvalue weighted by atomic mass is 9.98. The Morgan fingerprint density at radius 2 is 1.88 bits per heavy atom. The van der Waals surface area contributed by atoms with Gasteiger partial charge in [-0.05, 0) is 0 Å². The molecule has 0 aliphatic rings. The van der Waals surface area contributed by atoms with Crippen molar-refractivity contribution in [1.82, 2.24) is 5.32 Å². The van der Waals surface area contributed by atoms with E-state index in [4.69, 9.17) is 10.2 Å². The summed E-state index contributed by atoms with van der Waals surface area (Å²) in [5.74, 6) is -1.00. The summed E-state index contributed by atoms with van der Waals surface area (Å²) in [5, 5.41) is 19.5. The Bertz CT molecular complexity index is 364. The van der Waals surface area contributed by atoms with Crippen molar-refractivity contribution in [2.24, 2.45) is 5.92 Å². The van der Waals surface area contributed by atoms with Gasteiger partial charge in [-0.2, -0.15) is 0 Å². The van der Waals surface area contributed by atoms with Gasteiger partial charge in [0.05, 0.1) is 12.5 Å². The molecule has 1 unspecified atom stereocenters. The normalized spacial score (nSPS) is 11.8. The Labute approximate surface area is 92.7 Å². The third-order valence-electron chi connectivity index (χ3n) is 2.15. The van der Waals surface area contributed by atoms with Crippen LogP contribution in [0, 0.1) is 5.92 Å². The standard InChI is InChI=1S/C11H13NO4/c13-7-9(6-12-11(15)16)10(14)8-4-2-1-3-5-8/h1-5,9,12-13H,6-7H2,(H,15,16). The highest BCUT2D eigenvalue weighted by Crippen LogP contribution is 2.07. The Kier molecular flexibility index (Phi) is 4.47. The lowest BCUT2D eigenvalue weighted by Crippen LogP contribution is -2.34. The number of hydrogen-bond donors (Lipinski definition) is 3. The summed E-state index contributed by atoms with van der Waals surface area (Å²) in [7, 11) is 0. The fourth-order valence-electron chi connectivity index (χ4n) is 1.29. The number of aliphatic hydroxyl groups excluding tert-OH is 1. The van der Waals surface area contributed by atoms with E-state index in [-0.39, 0.29) is 18.9 Å². The van der Waals surface area contributed by atoms with Crippen molar-refractivity contribution in [3.8, 4) is 0 Å². The molecule has 0 bridgehead atoms. The van der Waals surface area contributed by atoms with Gasteiger partial charge in [-0.15, -0.1) is 0 Å². The van der Waals surface area contributed by atoms with Crippen LogP contribution in [-0.2, 0) is 0 Å². The molecule has 0 aliphatic heterocycles. The second-order valence-electron chi connectivity index (χ2n) is 3.30. The van der Waals surface area contributed by atoms with Crippen LogP contribution in [0.2, 0.25) is 0 Å². The second-order valence-corrected chi connectivity index (χ2v) is 3.30. The zero-order valence-corrected chi connectivity index (χ0v) is 8.59. The monoisotopic (exact) mass is 223 g/mol. The molecule has 0 heterocycles. The first kappa shape index (κ1) is 12.2. The number of aliphatic hydroxyl groups is 1. The van der Waals surface area contributed by atoms with Gasteiger partial charge in [-0.1, -0.05) is 30.3 Å². The maximum absolute atomic E-state index is 11.8. The molecule has 1 aromatic rings. The van der Waals surface area contributed by atoms with Gasteiger partial charge in [0, 0.05) is 12.1 Å². The number of Topliss-reactive ketones (excluding diaryl/α,β-unsaturated/α-hetero) is 1. The summed E-state index contributed by atoms with van der Waals surface area (Å²) in [4.78, 5) is 22.1. The van der Waals surface area contributed by atoms with Gasteiger partial charge < -0.3 is 15.5 Å². The number of ketones is 1. The molecule has 0 saturated carbocycles. The summed E-state index contributed by atoms with van der Waals surface area (Å²) in [5.41, 5.74) is 0.466. The Morgan fingerprint density at radius 1 is 1.25 bits per heavy atom. The number of nitrogens with one attached hydrogen (secondary N) is 1. The lowest BCUT2D eigenvalue weighted by molar-refractivity contribution is 0.0860. The van der Waals surface area contributed by atoms with E-state index in [1.165, 1.54) is 0 Å². The molecule has 16 heavy (non-hydrogen) atoms. The van der Waals surface area contributed by atoms with Gasteiger partial charge in [0.1, 0.15) is 0 Å². The van der Waals surface area contributed by atoms with Crippen molar-refractivity contribution >= 4 is 11.9 Å². The third kappa shape index (κ3) is 3.36. The van der Waals surface area contributed by atoms with Crippen LogP contribution in [0.1, 0.15) is 10.4 Å². The van der Waals surface area contributed by atoms with Crippen molar-refractivity contribution < 1.29 is 19.8 Å². The van der Waals surface area contributed by atoms with Crippen LogP contribution in [0.4, 0.5) is 4.79 Å². The Balaban J connectivity index is 2.66. The highest BCUT2D eigenvalue weighted by molar-refractivity contribution is 5.98. The highest BCUT2D eigenvalue weighted by atomic mass is 16.4. The van der Waals surface area contributed by atoms with Crippen LogP contribution >= 0.6 is 0 Å². The minimum atomic E-state index is -1.21. The zero-order valence-electron chi connectivity index (χ0n) is 8.59. The summed E-state index contributed by atoms with van der Waals surface area (Å²) in [6.07, 6.45) is -1.21. The van der Waals surface area contributed by atoms with Crippen molar-refractivity contribution in [2.75, 3.05) is 13.2 Å². The maximum Gasteiger partial charge on any atom is 0.404 e. The molecule has 0 radical (unpaired) electrons. The smallest absolute Gasteiger partial charge is 0.404 e. The number of carbonyl (C=O) groups excluding carboxylic acids is 1. The van der Waals surface area contributed by atoms with E-state index in [1.54, 1.807) is 30.3 Å². The Morgan fingerprint density at radius 3 is 2.38 bits per heavy atom. The van der Waals surface area contributed by atoms with E-state index < -0.39 is 12.0 Å². The molecule has 1 atom stereocenters. The molecule has 5 heteroatoms. The number of rotatable bonds is 5. The fourth-order valence-corrected chi connectivity index (χ4v) is 1.29. The van der Waals surface area contributed by atoms with E-state index in [0.717, 1.165) is 0 Å². The quantitative estimate of drug-likeness (QED) is 0.643. The molecule has 86 valence electrons. The number of carboxylic acid groups (broad SMARTS) is 1. The van der Waals surface area contributed by atoms with Crippen LogP contribution in [0.3, 0.4) is 0 Å². The third-order valence-corrected chi connectivity index (χ3v) is 2.15. The topological polar surface area (TPSA) is 86.6 Å². The fraction of sp³-hybridized carbons (Fsp3) is 0.273. The molecule has 0 saturated heterocycles. The van der Waals surface area contributed by atoms with E-state index in [1.807, 2.05) is 0 Å². The van der Waals surface area contributed by atoms with Crippen LogP contribution in [0.25, 0.3) is 0 Å². The van der Waals surface area contributed by atoms with Crippen molar-refractivity contribution in [1.29, 1.82) is 0 Å². The lowest BCUT2D eigenvalue weighted by Gasteiger charge is -2.12. The molecule has 1 rings (SSSR count). The number of hydrogen-bond acceptors (Lipinski definition) is 3. The molecule has 1 aromatic carbocycles. The molecular formula is C11H13NO4. The predicted octanol–water partition coefficient (Wildman–Crippen LogP) is 0.745. The summed E-state index contributed by atoms with van der Waals surface area (Å²) >= 11 is 0. The van der Waals surface area contributed by atoms with Gasteiger partial charge in [-0.3, -0.25) is 4.79 Å². The minimum absolute atomic E-state index is 0.0838. The van der Waals surface area contributed by atoms with Crippen LogP contribution in [0.15, 0.2) is 30.3 Å². The summed E-state index contributed by atoms with van der Waals surface area (Å²) < 4.78 is 0. The van der Waals surface area contributed by atoms with E-state index in [9.17, 15) is 9.59 Å². The van der Waals surface area contributed by atoms with E-state index >= 15 is 0 Å². The maximum atomic E-state index is 11.8. The molecule has 0 fully saturated rings. The minimum Gasteiger partial charge on any atom is -0.465 e. The van der Waals surface area contributed by atoms with Crippen LogP contribution in [0.5, 0.6) is 0 Å². The van der Waals surface area contributed by atoms with Crippen molar-refractivity contribution in [2.45, 2.75) is 0 Å². The molecule has 3 N–H and O–H groups in total. The predicted molar refractivity (Wildman–Crippen MR) is 57.4 cm³/mol. The first-order valence-corrected chi connectivity index (χ1v) is 4.82. The molecule has 0 aliphatic carbocycles. The highest BCUT2D eigenvalue weighted by Gasteiger charge is 2.19. The van der Waals surface area contributed by atoms with E-state index in [2.05, 4.69) is 5.32 Å². The van der Waals surface area contributed by atoms with Gasteiger partial charge in [0.15, 0.2) is 5.78 Å².